The van der Waals surface area contributed by atoms with Crippen LogP contribution in [-0.4, -0.2) is 18.1 Å². The van der Waals surface area contributed by atoms with Crippen LogP contribution < -0.4 is 15.1 Å². The fraction of sp³-hybridized carbons (Fsp3) is 0.0500. The zero-order valence-corrected chi connectivity index (χ0v) is 13.8. The summed E-state index contributed by atoms with van der Waals surface area (Å²) in [4.78, 5) is 29.0. The van der Waals surface area contributed by atoms with E-state index in [9.17, 15) is 9.59 Å². The summed E-state index contributed by atoms with van der Waals surface area (Å²) in [5.74, 6) is -0.113. The van der Waals surface area contributed by atoms with Crippen molar-refractivity contribution in [3.05, 3.63) is 76.8 Å². The van der Waals surface area contributed by atoms with Crippen LogP contribution in [0.3, 0.4) is 0 Å². The van der Waals surface area contributed by atoms with Gasteiger partial charge in [-0.15, -0.1) is 0 Å². The molecule has 128 valence electrons. The van der Waals surface area contributed by atoms with Crippen molar-refractivity contribution >= 4 is 27.8 Å². The molecule has 4 aromatic rings. The van der Waals surface area contributed by atoms with Crippen LogP contribution in [0, 0.1) is 0 Å². The fourth-order valence-corrected chi connectivity index (χ4v) is 2.73. The molecule has 0 aliphatic rings. The van der Waals surface area contributed by atoms with Crippen molar-refractivity contribution in [2.24, 2.45) is 0 Å². The molecule has 0 spiro atoms. The first-order valence-electron chi connectivity index (χ1n) is 7.84. The van der Waals surface area contributed by atoms with E-state index in [1.165, 1.54) is 13.2 Å². The van der Waals surface area contributed by atoms with E-state index in [0.717, 1.165) is 5.39 Å². The number of aromatic nitrogens is 1. The van der Waals surface area contributed by atoms with Gasteiger partial charge in [0.15, 0.2) is 17.1 Å². The lowest BCUT2D eigenvalue weighted by Crippen LogP contribution is -2.19. The Hall–Kier alpha value is -3.67. The van der Waals surface area contributed by atoms with E-state index in [-0.39, 0.29) is 16.9 Å². The Balaban J connectivity index is 1.77. The number of benzene rings is 2. The van der Waals surface area contributed by atoms with Crippen LogP contribution in [-0.2, 0) is 0 Å². The molecule has 2 aromatic carbocycles. The molecule has 6 nitrogen and oxygen atoms in total. The number of carbonyl (C=O) groups is 1. The highest BCUT2D eigenvalue weighted by molar-refractivity contribution is 5.96. The molecule has 0 radical (unpaired) electrons. The molecule has 2 aromatic heterocycles. The maximum absolute atomic E-state index is 12.5. The SMILES string of the molecule is COc1cccc2cc(C(=O)Oc3cccc4cccnc34)c(=O)oc12. The van der Waals surface area contributed by atoms with Crippen LogP contribution in [0.5, 0.6) is 11.5 Å². The van der Waals surface area contributed by atoms with Gasteiger partial charge in [0, 0.05) is 17.0 Å². The van der Waals surface area contributed by atoms with Gasteiger partial charge in [-0.3, -0.25) is 4.98 Å². The van der Waals surface area contributed by atoms with Crippen molar-refractivity contribution in [3.63, 3.8) is 0 Å². The number of rotatable bonds is 3. The monoisotopic (exact) mass is 347 g/mol. The van der Waals surface area contributed by atoms with E-state index in [1.54, 1.807) is 42.6 Å². The molecule has 0 N–H and O–H groups in total. The topological polar surface area (TPSA) is 78.6 Å². The van der Waals surface area contributed by atoms with E-state index < -0.39 is 11.6 Å². The van der Waals surface area contributed by atoms with E-state index in [0.29, 0.717) is 16.7 Å². The van der Waals surface area contributed by atoms with Crippen molar-refractivity contribution in [2.75, 3.05) is 7.11 Å². The summed E-state index contributed by atoms with van der Waals surface area (Å²) in [6.45, 7) is 0. The maximum atomic E-state index is 12.5. The normalized spacial score (nSPS) is 10.8. The van der Waals surface area contributed by atoms with E-state index in [2.05, 4.69) is 4.98 Å². The van der Waals surface area contributed by atoms with Gasteiger partial charge in [-0.2, -0.15) is 0 Å². The Morgan fingerprint density at radius 1 is 1.00 bits per heavy atom. The second-order valence-corrected chi connectivity index (χ2v) is 5.55. The lowest BCUT2D eigenvalue weighted by molar-refractivity contribution is 0.0732. The Kier molecular flexibility index (Phi) is 3.85. The highest BCUT2D eigenvalue weighted by Crippen LogP contribution is 2.26. The van der Waals surface area contributed by atoms with Crippen molar-refractivity contribution in [2.45, 2.75) is 0 Å². The second-order valence-electron chi connectivity index (χ2n) is 5.55. The van der Waals surface area contributed by atoms with Crippen LogP contribution >= 0.6 is 0 Å². The third kappa shape index (κ3) is 2.67. The number of esters is 1. The van der Waals surface area contributed by atoms with Gasteiger partial charge >= 0.3 is 11.6 Å². The molecule has 0 saturated carbocycles. The summed E-state index contributed by atoms with van der Waals surface area (Å²) < 4.78 is 15.8. The van der Waals surface area contributed by atoms with Crippen LogP contribution in [0.25, 0.3) is 21.9 Å². The molecule has 0 amide bonds. The third-order valence-electron chi connectivity index (χ3n) is 3.96. The lowest BCUT2D eigenvalue weighted by atomic mass is 10.1. The number of ether oxygens (including phenoxy) is 2. The highest BCUT2D eigenvalue weighted by atomic mass is 16.5. The number of hydrogen-bond donors (Lipinski definition) is 0. The number of methoxy groups -OCH3 is 1. The van der Waals surface area contributed by atoms with Gasteiger partial charge in [0.1, 0.15) is 11.1 Å². The predicted molar refractivity (Wildman–Crippen MR) is 95.7 cm³/mol. The minimum Gasteiger partial charge on any atom is -0.493 e. The fourth-order valence-electron chi connectivity index (χ4n) is 2.73. The molecule has 0 unspecified atom stereocenters. The van der Waals surface area contributed by atoms with Crippen LogP contribution in [0.1, 0.15) is 10.4 Å². The molecule has 6 heteroatoms. The van der Waals surface area contributed by atoms with Crippen LogP contribution in [0.2, 0.25) is 0 Å². The van der Waals surface area contributed by atoms with Gasteiger partial charge in [0.2, 0.25) is 0 Å². The third-order valence-corrected chi connectivity index (χ3v) is 3.96. The van der Waals surface area contributed by atoms with Gasteiger partial charge < -0.3 is 13.9 Å². The first-order chi connectivity index (χ1) is 12.7. The molecule has 26 heavy (non-hydrogen) atoms. The Morgan fingerprint density at radius 2 is 1.73 bits per heavy atom. The molecule has 0 aliphatic carbocycles. The van der Waals surface area contributed by atoms with Gasteiger partial charge in [-0.25, -0.2) is 9.59 Å². The van der Waals surface area contributed by atoms with Crippen molar-refractivity contribution in [3.8, 4) is 11.5 Å². The Labute approximate surface area is 147 Å². The number of hydrogen-bond acceptors (Lipinski definition) is 6. The largest absolute Gasteiger partial charge is 0.493 e. The van der Waals surface area contributed by atoms with E-state index in [4.69, 9.17) is 13.9 Å². The molecule has 0 atom stereocenters. The van der Waals surface area contributed by atoms with Crippen LogP contribution in [0.15, 0.2) is 70.0 Å². The quantitative estimate of drug-likeness (QED) is 0.320. The number of carbonyl (C=O) groups excluding carboxylic acids is 1. The van der Waals surface area contributed by atoms with E-state index >= 15 is 0 Å². The average molecular weight is 347 g/mol. The minimum atomic E-state index is -0.804. The summed E-state index contributed by atoms with van der Waals surface area (Å²) in [6, 6.07) is 15.4. The predicted octanol–water partition coefficient (Wildman–Crippen LogP) is 3.57. The number of para-hydroxylation sites is 2. The molecular formula is C20H13NO5. The average Bonchev–Trinajstić information content (AvgIpc) is 2.67. The standard InChI is InChI=1S/C20H13NO5/c1-24-16-9-3-6-13-11-14(20(23)26-18(13)16)19(22)25-15-8-2-5-12-7-4-10-21-17(12)15/h2-11H,1H3. The number of fused-ring (bicyclic) bond motifs is 2. The Bertz CT molecular complexity index is 1190. The minimum absolute atomic E-state index is 0.196. The highest BCUT2D eigenvalue weighted by Gasteiger charge is 2.18. The summed E-state index contributed by atoms with van der Waals surface area (Å²) in [7, 11) is 1.48. The molecule has 4 rings (SSSR count). The lowest BCUT2D eigenvalue weighted by Gasteiger charge is -2.08. The summed E-state index contributed by atoms with van der Waals surface area (Å²) in [5, 5.41) is 1.39. The maximum Gasteiger partial charge on any atom is 0.351 e. The van der Waals surface area contributed by atoms with Crippen molar-refractivity contribution in [1.29, 1.82) is 0 Å². The zero-order chi connectivity index (χ0) is 18.1. The number of nitrogens with zero attached hydrogens (tertiary/aromatic N) is 1. The van der Waals surface area contributed by atoms with E-state index in [1.807, 2.05) is 12.1 Å². The molecule has 0 bridgehead atoms. The van der Waals surface area contributed by atoms with Gasteiger partial charge in [0.25, 0.3) is 0 Å². The van der Waals surface area contributed by atoms with Crippen LogP contribution in [0.4, 0.5) is 0 Å². The summed E-state index contributed by atoms with van der Waals surface area (Å²) in [5.41, 5.74) is -0.169. The molecule has 0 aliphatic heterocycles. The first-order valence-corrected chi connectivity index (χ1v) is 7.84. The second kappa shape index (κ2) is 6.33. The summed E-state index contributed by atoms with van der Waals surface area (Å²) in [6.07, 6.45) is 1.61. The zero-order valence-electron chi connectivity index (χ0n) is 13.8. The summed E-state index contributed by atoms with van der Waals surface area (Å²) >= 11 is 0. The smallest absolute Gasteiger partial charge is 0.351 e. The first kappa shape index (κ1) is 15.8. The number of pyridine rings is 1. The molecule has 0 saturated heterocycles. The Morgan fingerprint density at radius 3 is 2.54 bits per heavy atom. The molecular weight excluding hydrogens is 334 g/mol. The van der Waals surface area contributed by atoms with Gasteiger partial charge in [-0.1, -0.05) is 30.3 Å². The van der Waals surface area contributed by atoms with Crippen molar-refractivity contribution in [1.82, 2.24) is 4.98 Å². The van der Waals surface area contributed by atoms with Gasteiger partial charge in [-0.05, 0) is 24.3 Å². The van der Waals surface area contributed by atoms with Gasteiger partial charge in [0.05, 0.1) is 7.11 Å². The van der Waals surface area contributed by atoms with Crippen molar-refractivity contribution < 1.29 is 18.7 Å². The molecule has 0 fully saturated rings. The molecule has 2 heterocycles.